The summed E-state index contributed by atoms with van der Waals surface area (Å²) >= 11 is 0. The molecule has 0 aliphatic heterocycles. The minimum atomic E-state index is -1.26. The first-order chi connectivity index (χ1) is 8.86. The van der Waals surface area contributed by atoms with Gasteiger partial charge < -0.3 is 15.9 Å². The van der Waals surface area contributed by atoms with Gasteiger partial charge in [-0.1, -0.05) is 0 Å². The predicted molar refractivity (Wildman–Crippen MR) is 69.5 cm³/mol. The third kappa shape index (κ3) is 3.80. The topological polar surface area (TPSA) is 101 Å². The van der Waals surface area contributed by atoms with Crippen LogP contribution in [0.25, 0.3) is 0 Å². The molecule has 0 saturated heterocycles. The summed E-state index contributed by atoms with van der Waals surface area (Å²) in [5, 5.41) is 15.6. The van der Waals surface area contributed by atoms with Gasteiger partial charge in [0.2, 0.25) is 0 Å². The molecule has 0 amide bonds. The Kier molecular flexibility index (Phi) is 3.94. The lowest BCUT2D eigenvalue weighted by atomic mass is 9.53. The van der Waals surface area contributed by atoms with Crippen molar-refractivity contribution in [3.05, 3.63) is 12.2 Å². The van der Waals surface area contributed by atoms with Crippen molar-refractivity contribution in [2.24, 2.45) is 23.5 Å². The molecule has 4 fully saturated rings. The van der Waals surface area contributed by atoms with Crippen molar-refractivity contribution in [3.63, 3.8) is 0 Å². The maximum atomic E-state index is 9.55. The van der Waals surface area contributed by atoms with Crippen molar-refractivity contribution in [3.8, 4) is 0 Å². The maximum absolute atomic E-state index is 9.55. The Balaban J connectivity index is 0.000000151. The van der Waals surface area contributed by atoms with Crippen LogP contribution in [0.2, 0.25) is 0 Å². The Labute approximate surface area is 112 Å². The van der Waals surface area contributed by atoms with Gasteiger partial charge in [-0.3, -0.25) is 0 Å². The molecule has 0 heterocycles. The Morgan fingerprint density at radius 3 is 1.42 bits per heavy atom. The number of hydrogen-bond donors (Lipinski definition) is 3. The van der Waals surface area contributed by atoms with Crippen molar-refractivity contribution in [1.82, 2.24) is 0 Å². The Morgan fingerprint density at radius 2 is 1.21 bits per heavy atom. The summed E-state index contributed by atoms with van der Waals surface area (Å²) in [7, 11) is 0. The van der Waals surface area contributed by atoms with Gasteiger partial charge in [-0.2, -0.15) is 0 Å². The lowest BCUT2D eigenvalue weighted by Gasteiger charge is -2.55. The van der Waals surface area contributed by atoms with Gasteiger partial charge in [-0.15, -0.1) is 0 Å². The normalized spacial score (nSPS) is 38.9. The van der Waals surface area contributed by atoms with Crippen LogP contribution in [0.3, 0.4) is 0 Å². The number of hydrogen-bond acceptors (Lipinski definition) is 3. The van der Waals surface area contributed by atoms with Crippen LogP contribution in [0, 0.1) is 17.8 Å². The molecule has 5 heteroatoms. The van der Waals surface area contributed by atoms with E-state index in [-0.39, 0.29) is 0 Å². The molecule has 4 aliphatic carbocycles. The molecule has 106 valence electrons. The average molecular weight is 267 g/mol. The zero-order chi connectivity index (χ0) is 14.0. The number of nitrogens with two attached hydrogens (primary N) is 1. The summed E-state index contributed by atoms with van der Waals surface area (Å²) in [5.74, 6) is 0.545. The highest BCUT2D eigenvalue weighted by Crippen LogP contribution is 2.54. The van der Waals surface area contributed by atoms with Gasteiger partial charge in [0, 0.05) is 17.7 Å². The quantitative estimate of drug-likeness (QED) is 0.660. The molecule has 0 spiro atoms. The van der Waals surface area contributed by atoms with E-state index < -0.39 is 11.9 Å². The van der Waals surface area contributed by atoms with E-state index in [0.717, 1.165) is 17.8 Å². The van der Waals surface area contributed by atoms with Crippen molar-refractivity contribution in [1.29, 1.82) is 0 Å². The molecule has 0 unspecified atom stereocenters. The van der Waals surface area contributed by atoms with E-state index >= 15 is 0 Å². The highest BCUT2D eigenvalue weighted by molar-refractivity contribution is 5.89. The highest BCUT2D eigenvalue weighted by Gasteiger charge is 2.48. The van der Waals surface area contributed by atoms with Crippen LogP contribution in [0.15, 0.2) is 12.2 Å². The first kappa shape index (κ1) is 14.1. The minimum absolute atomic E-state index is 0.300. The molecule has 4 aliphatic rings. The van der Waals surface area contributed by atoms with E-state index in [1.165, 1.54) is 38.5 Å². The fourth-order valence-corrected chi connectivity index (χ4v) is 4.32. The summed E-state index contributed by atoms with van der Waals surface area (Å²) in [6, 6.07) is 0. The van der Waals surface area contributed by atoms with Crippen LogP contribution in [0.5, 0.6) is 0 Å². The first-order valence-electron chi connectivity index (χ1n) is 6.79. The standard InChI is InChI=1S/C10H17N.C4H4O4/c11-10-4-7-1-8(5-10)3-9(2-7)6-10;5-3(6)1-2-4(7)8/h7-9H,1-6,11H2;1-2H,(H,5,6)(H,7,8)/b;2-1-. The monoisotopic (exact) mass is 267 g/mol. The SMILES string of the molecule is NC12CC3CC(CC(C3)C1)C2.O=C(O)/C=C\C(=O)O. The van der Waals surface area contributed by atoms with Crippen LogP contribution >= 0.6 is 0 Å². The zero-order valence-electron chi connectivity index (χ0n) is 10.9. The average Bonchev–Trinajstić information content (AvgIpc) is 2.23. The lowest BCUT2D eigenvalue weighted by molar-refractivity contribution is -0.134. The molecule has 4 rings (SSSR count). The molecule has 0 aromatic heterocycles. The smallest absolute Gasteiger partial charge is 0.328 e. The van der Waals surface area contributed by atoms with E-state index in [2.05, 4.69) is 0 Å². The van der Waals surface area contributed by atoms with Gasteiger partial charge in [0.25, 0.3) is 0 Å². The second kappa shape index (κ2) is 5.33. The second-order valence-electron chi connectivity index (χ2n) is 6.29. The number of rotatable bonds is 2. The van der Waals surface area contributed by atoms with E-state index in [0.29, 0.717) is 17.7 Å². The fourth-order valence-electron chi connectivity index (χ4n) is 4.32. The van der Waals surface area contributed by atoms with E-state index in [9.17, 15) is 9.59 Å². The molecule has 0 atom stereocenters. The van der Waals surface area contributed by atoms with Crippen LogP contribution in [0.4, 0.5) is 0 Å². The first-order valence-corrected chi connectivity index (χ1v) is 6.79. The van der Waals surface area contributed by atoms with Gasteiger partial charge >= 0.3 is 11.9 Å². The van der Waals surface area contributed by atoms with Crippen LogP contribution in [0.1, 0.15) is 38.5 Å². The van der Waals surface area contributed by atoms with Crippen molar-refractivity contribution in [2.75, 3.05) is 0 Å². The van der Waals surface area contributed by atoms with E-state index in [4.69, 9.17) is 15.9 Å². The van der Waals surface area contributed by atoms with Crippen molar-refractivity contribution >= 4 is 11.9 Å². The van der Waals surface area contributed by atoms with Gasteiger partial charge in [-0.25, -0.2) is 9.59 Å². The van der Waals surface area contributed by atoms with Gasteiger partial charge in [0.15, 0.2) is 0 Å². The molecule has 0 radical (unpaired) electrons. The van der Waals surface area contributed by atoms with Gasteiger partial charge in [-0.05, 0) is 56.3 Å². The Hall–Kier alpha value is -1.36. The number of carboxylic acids is 2. The maximum Gasteiger partial charge on any atom is 0.328 e. The molecule has 5 nitrogen and oxygen atoms in total. The predicted octanol–water partition coefficient (Wildman–Crippen LogP) is 1.63. The third-order valence-corrected chi connectivity index (χ3v) is 4.45. The summed E-state index contributed by atoms with van der Waals surface area (Å²) in [6.07, 6.45) is 9.69. The minimum Gasteiger partial charge on any atom is -0.478 e. The van der Waals surface area contributed by atoms with E-state index in [1.807, 2.05) is 0 Å². The molecule has 4 saturated carbocycles. The third-order valence-electron chi connectivity index (χ3n) is 4.45. The Bertz CT molecular complexity index is 351. The summed E-state index contributed by atoms with van der Waals surface area (Å²) in [5.41, 5.74) is 6.62. The fraction of sp³-hybridized carbons (Fsp3) is 0.714. The molecular weight excluding hydrogens is 246 g/mol. The summed E-state index contributed by atoms with van der Waals surface area (Å²) in [6.45, 7) is 0. The van der Waals surface area contributed by atoms with Crippen LogP contribution in [-0.2, 0) is 9.59 Å². The molecule has 0 aromatic carbocycles. The van der Waals surface area contributed by atoms with Gasteiger partial charge in [0.1, 0.15) is 0 Å². The van der Waals surface area contributed by atoms with Gasteiger partial charge in [0.05, 0.1) is 0 Å². The number of carbonyl (C=O) groups is 2. The molecular formula is C14H21NO4. The number of carboxylic acid groups (broad SMARTS) is 2. The highest BCUT2D eigenvalue weighted by atomic mass is 16.4. The lowest BCUT2D eigenvalue weighted by Crippen LogP contribution is -2.55. The van der Waals surface area contributed by atoms with Crippen molar-refractivity contribution < 1.29 is 19.8 Å². The molecule has 4 N–H and O–H groups in total. The second-order valence-corrected chi connectivity index (χ2v) is 6.29. The van der Waals surface area contributed by atoms with Crippen molar-refractivity contribution in [2.45, 2.75) is 44.1 Å². The Morgan fingerprint density at radius 1 is 0.895 bits per heavy atom. The number of aliphatic carboxylic acids is 2. The van der Waals surface area contributed by atoms with E-state index in [1.54, 1.807) is 0 Å². The van der Waals surface area contributed by atoms with Crippen LogP contribution < -0.4 is 5.73 Å². The largest absolute Gasteiger partial charge is 0.478 e. The summed E-state index contributed by atoms with van der Waals surface area (Å²) in [4.78, 5) is 19.1. The van der Waals surface area contributed by atoms with Crippen LogP contribution in [-0.4, -0.2) is 27.7 Å². The zero-order valence-corrected chi connectivity index (χ0v) is 10.9. The summed E-state index contributed by atoms with van der Waals surface area (Å²) < 4.78 is 0. The molecule has 0 aromatic rings. The molecule has 4 bridgehead atoms. The molecule has 19 heavy (non-hydrogen) atoms.